The van der Waals surface area contributed by atoms with Gasteiger partial charge in [-0.05, 0) is 44.1 Å². The number of nitrogens with one attached hydrogen (secondary N) is 2. The lowest BCUT2D eigenvalue weighted by Crippen LogP contribution is -2.38. The van der Waals surface area contributed by atoms with Crippen LogP contribution in [0.25, 0.3) is 10.9 Å². The number of amides is 1. The topological polar surface area (TPSA) is 73.9 Å². The van der Waals surface area contributed by atoms with E-state index in [0.717, 1.165) is 54.3 Å². The maximum absolute atomic E-state index is 12.6. The van der Waals surface area contributed by atoms with Gasteiger partial charge in [-0.1, -0.05) is 26.2 Å². The highest BCUT2D eigenvalue weighted by Gasteiger charge is 2.21. The van der Waals surface area contributed by atoms with E-state index in [9.17, 15) is 4.79 Å². The Morgan fingerprint density at radius 1 is 1.22 bits per heavy atom. The monoisotopic (exact) mass is 369 g/mol. The van der Waals surface area contributed by atoms with Crippen molar-refractivity contribution in [3.05, 3.63) is 18.0 Å². The maximum atomic E-state index is 12.6. The van der Waals surface area contributed by atoms with Gasteiger partial charge in [0.25, 0.3) is 0 Å². The minimum Gasteiger partial charge on any atom is -0.367 e. The molecule has 0 unspecified atom stereocenters. The predicted molar refractivity (Wildman–Crippen MR) is 108 cm³/mol. The lowest BCUT2D eigenvalue weighted by atomic mass is 9.95. The molecule has 2 aromatic heterocycles. The summed E-state index contributed by atoms with van der Waals surface area (Å²) in [5.41, 5.74) is 1.95. The number of aryl methyl sites for hydroxylation is 1. The first-order valence-corrected chi connectivity index (χ1v) is 10.6. The highest BCUT2D eigenvalue weighted by Crippen LogP contribution is 2.28. The number of piperidine rings is 1. The molecule has 2 N–H and O–H groups in total. The molecule has 0 aromatic carbocycles. The summed E-state index contributed by atoms with van der Waals surface area (Å²) in [6.45, 7) is 4.08. The molecule has 3 heterocycles. The van der Waals surface area contributed by atoms with E-state index in [-0.39, 0.29) is 5.91 Å². The van der Waals surface area contributed by atoms with E-state index >= 15 is 0 Å². The largest absolute Gasteiger partial charge is 0.367 e. The van der Waals surface area contributed by atoms with Gasteiger partial charge < -0.3 is 10.2 Å². The number of rotatable bonds is 5. The molecular weight excluding hydrogens is 338 g/mol. The van der Waals surface area contributed by atoms with Gasteiger partial charge in [0.15, 0.2) is 0 Å². The molecule has 0 radical (unpaired) electrons. The molecule has 1 saturated heterocycles. The van der Waals surface area contributed by atoms with Crippen LogP contribution < -0.4 is 5.32 Å². The zero-order chi connectivity index (χ0) is 18.6. The average molecular weight is 370 g/mol. The molecule has 4 rings (SSSR count). The van der Waals surface area contributed by atoms with Crippen LogP contribution in [0.5, 0.6) is 0 Å². The summed E-state index contributed by atoms with van der Waals surface area (Å²) in [4.78, 5) is 19.2. The van der Waals surface area contributed by atoms with Gasteiger partial charge in [0.05, 0.1) is 10.9 Å². The molecule has 0 atom stereocenters. The predicted octanol–water partition coefficient (Wildman–Crippen LogP) is 3.89. The molecule has 0 spiro atoms. The third kappa shape index (κ3) is 4.25. The summed E-state index contributed by atoms with van der Waals surface area (Å²) in [6, 6.07) is 2.44. The number of carbonyl (C=O) groups is 1. The molecule has 27 heavy (non-hydrogen) atoms. The van der Waals surface area contributed by atoms with E-state index in [1.54, 1.807) is 0 Å². The number of carbonyl (C=O) groups excluding carboxylic acids is 1. The number of aromatic nitrogens is 3. The summed E-state index contributed by atoms with van der Waals surface area (Å²) >= 11 is 0. The van der Waals surface area contributed by atoms with Gasteiger partial charge in [0, 0.05) is 37.4 Å². The van der Waals surface area contributed by atoms with Crippen LogP contribution >= 0.6 is 0 Å². The fourth-order valence-corrected chi connectivity index (χ4v) is 4.40. The van der Waals surface area contributed by atoms with Crippen LogP contribution in [-0.2, 0) is 11.2 Å². The van der Waals surface area contributed by atoms with Crippen LogP contribution in [0.1, 0.15) is 64.0 Å². The third-order valence-electron chi connectivity index (χ3n) is 6.21. The number of fused-ring (bicyclic) bond motifs is 1. The van der Waals surface area contributed by atoms with Gasteiger partial charge >= 0.3 is 0 Å². The van der Waals surface area contributed by atoms with Crippen LogP contribution in [0.15, 0.2) is 12.3 Å². The van der Waals surface area contributed by atoms with Crippen molar-refractivity contribution in [2.45, 2.75) is 70.8 Å². The Balaban J connectivity index is 1.44. The lowest BCUT2D eigenvalue weighted by Gasteiger charge is -2.30. The van der Waals surface area contributed by atoms with E-state index in [4.69, 9.17) is 0 Å². The number of hydrogen-bond donors (Lipinski definition) is 2. The summed E-state index contributed by atoms with van der Waals surface area (Å²) in [5.74, 6) is 1.92. The summed E-state index contributed by atoms with van der Waals surface area (Å²) < 4.78 is 0. The van der Waals surface area contributed by atoms with Crippen molar-refractivity contribution >= 4 is 22.6 Å². The molecule has 2 aliphatic rings. The van der Waals surface area contributed by atoms with Crippen molar-refractivity contribution in [3.63, 3.8) is 0 Å². The Hall–Kier alpha value is -2.11. The Bertz CT molecular complexity index is 772. The molecule has 146 valence electrons. The first-order chi connectivity index (χ1) is 13.2. The Morgan fingerprint density at radius 2 is 2.00 bits per heavy atom. The number of hydrogen-bond acceptors (Lipinski definition) is 4. The van der Waals surface area contributed by atoms with Gasteiger partial charge in [-0.3, -0.25) is 9.89 Å². The number of pyridine rings is 1. The molecule has 2 fully saturated rings. The number of anilines is 1. The maximum Gasteiger partial charge on any atom is 0.222 e. The first-order valence-electron chi connectivity index (χ1n) is 10.6. The van der Waals surface area contributed by atoms with E-state index in [1.807, 2.05) is 17.2 Å². The van der Waals surface area contributed by atoms with Crippen LogP contribution in [0, 0.1) is 5.92 Å². The van der Waals surface area contributed by atoms with Crippen molar-refractivity contribution in [1.82, 2.24) is 20.1 Å². The zero-order valence-corrected chi connectivity index (χ0v) is 16.3. The SMILES string of the molecule is CC1CCN(C(=O)CCc2[nH]nc3ccnc(NC4CCCCC4)c23)CC1. The lowest BCUT2D eigenvalue weighted by molar-refractivity contribution is -0.132. The van der Waals surface area contributed by atoms with Gasteiger partial charge in [0.2, 0.25) is 5.91 Å². The molecule has 1 saturated carbocycles. The minimum absolute atomic E-state index is 0.260. The van der Waals surface area contributed by atoms with Crippen LogP contribution in [-0.4, -0.2) is 45.1 Å². The normalized spacial score (nSPS) is 19.5. The van der Waals surface area contributed by atoms with Crippen LogP contribution in [0.2, 0.25) is 0 Å². The summed E-state index contributed by atoms with van der Waals surface area (Å²) in [6.07, 6.45) is 11.6. The zero-order valence-electron chi connectivity index (χ0n) is 16.3. The van der Waals surface area contributed by atoms with Crippen molar-refractivity contribution in [2.24, 2.45) is 5.92 Å². The molecular formula is C21H31N5O. The Labute approximate surface area is 161 Å². The minimum atomic E-state index is 0.260. The van der Waals surface area contributed by atoms with Gasteiger partial charge in [-0.15, -0.1) is 0 Å². The van der Waals surface area contributed by atoms with Crippen LogP contribution in [0.3, 0.4) is 0 Å². The molecule has 0 bridgehead atoms. The van der Waals surface area contributed by atoms with Crippen molar-refractivity contribution in [1.29, 1.82) is 0 Å². The van der Waals surface area contributed by atoms with Gasteiger partial charge in [-0.25, -0.2) is 4.98 Å². The quantitative estimate of drug-likeness (QED) is 0.838. The number of H-pyrrole nitrogens is 1. The molecule has 1 amide bonds. The standard InChI is InChI=1S/C21H31N5O/c1-15-10-13-26(14-11-15)19(27)8-7-17-20-18(25-24-17)9-12-22-21(20)23-16-5-3-2-4-6-16/h9,12,15-16H,2-8,10-11,13-14H2,1H3,(H,22,23)(H,24,25). The number of likely N-dealkylation sites (tertiary alicyclic amines) is 1. The highest BCUT2D eigenvalue weighted by atomic mass is 16.2. The second kappa shape index (κ2) is 8.28. The smallest absolute Gasteiger partial charge is 0.222 e. The number of aromatic amines is 1. The molecule has 1 aliphatic heterocycles. The van der Waals surface area contributed by atoms with Crippen molar-refractivity contribution in [2.75, 3.05) is 18.4 Å². The van der Waals surface area contributed by atoms with E-state index in [2.05, 4.69) is 27.4 Å². The fraction of sp³-hybridized carbons (Fsp3) is 0.667. The van der Waals surface area contributed by atoms with Gasteiger partial charge in [-0.2, -0.15) is 5.10 Å². The molecule has 1 aliphatic carbocycles. The Kier molecular flexibility index (Phi) is 5.60. The van der Waals surface area contributed by atoms with E-state index < -0.39 is 0 Å². The first kappa shape index (κ1) is 18.3. The summed E-state index contributed by atoms with van der Waals surface area (Å²) in [5, 5.41) is 12.3. The second-order valence-electron chi connectivity index (χ2n) is 8.30. The second-order valence-corrected chi connectivity index (χ2v) is 8.30. The average Bonchev–Trinajstić information content (AvgIpc) is 3.12. The van der Waals surface area contributed by atoms with Crippen molar-refractivity contribution < 1.29 is 4.79 Å². The van der Waals surface area contributed by atoms with Crippen molar-refractivity contribution in [3.8, 4) is 0 Å². The Morgan fingerprint density at radius 3 is 2.78 bits per heavy atom. The number of nitrogens with zero attached hydrogens (tertiary/aromatic N) is 3. The summed E-state index contributed by atoms with van der Waals surface area (Å²) in [7, 11) is 0. The van der Waals surface area contributed by atoms with Crippen LogP contribution in [0.4, 0.5) is 5.82 Å². The molecule has 6 nitrogen and oxygen atoms in total. The highest BCUT2D eigenvalue weighted by molar-refractivity contribution is 5.92. The van der Waals surface area contributed by atoms with E-state index in [0.29, 0.717) is 18.9 Å². The van der Waals surface area contributed by atoms with Gasteiger partial charge in [0.1, 0.15) is 5.82 Å². The molecule has 6 heteroatoms. The third-order valence-corrected chi connectivity index (χ3v) is 6.21. The van der Waals surface area contributed by atoms with E-state index in [1.165, 1.54) is 32.1 Å². The fourth-order valence-electron chi connectivity index (χ4n) is 4.40. The molecule has 2 aromatic rings.